The van der Waals surface area contributed by atoms with Crippen molar-refractivity contribution < 1.29 is 0 Å². The maximum atomic E-state index is 2.51. The maximum Gasteiger partial charge on any atom is -0.00149 e. The topological polar surface area (TPSA) is 0 Å². The second-order valence-corrected chi connectivity index (χ2v) is 5.64. The fourth-order valence-corrected chi connectivity index (χ4v) is 2.44. The van der Waals surface area contributed by atoms with Crippen LogP contribution in [0.3, 0.4) is 0 Å². The van der Waals surface area contributed by atoms with Crippen molar-refractivity contribution in [3.8, 4) is 0 Å². The van der Waals surface area contributed by atoms with Gasteiger partial charge in [-0.15, -0.1) is 0 Å². The van der Waals surface area contributed by atoms with Gasteiger partial charge in [-0.2, -0.15) is 0 Å². The lowest BCUT2D eigenvalue weighted by Crippen LogP contribution is -2.05. The zero-order chi connectivity index (χ0) is 10.7. The van der Waals surface area contributed by atoms with Crippen LogP contribution in [0.2, 0.25) is 0 Å². The molecule has 0 fully saturated rings. The van der Waals surface area contributed by atoms with Crippen molar-refractivity contribution in [2.24, 2.45) is 23.7 Å². The molecule has 0 spiro atoms. The first kappa shape index (κ1) is 11.8. The molecule has 1 aliphatic rings. The summed E-state index contributed by atoms with van der Waals surface area (Å²) in [5.74, 6) is 3.46. The Morgan fingerprint density at radius 2 is 1.79 bits per heavy atom. The molecule has 0 saturated carbocycles. The van der Waals surface area contributed by atoms with E-state index in [9.17, 15) is 0 Å². The highest BCUT2D eigenvalue weighted by atomic mass is 14.4. The van der Waals surface area contributed by atoms with E-state index in [2.05, 4.69) is 40.7 Å². The first-order valence-electron chi connectivity index (χ1n) is 6.26. The van der Waals surface area contributed by atoms with Crippen LogP contribution < -0.4 is 0 Å². The van der Waals surface area contributed by atoms with Crippen LogP contribution in [-0.4, -0.2) is 0 Å². The molecule has 0 amide bonds. The smallest absolute Gasteiger partial charge is 0.00149 e. The van der Waals surface area contributed by atoms with Gasteiger partial charge in [0.1, 0.15) is 0 Å². The molecule has 0 saturated heterocycles. The maximum absolute atomic E-state index is 2.51. The molecule has 0 aromatic heterocycles. The average Bonchev–Trinajstić information content (AvgIpc) is 2.78. The minimum Gasteiger partial charge on any atom is -0.0772 e. The highest BCUT2D eigenvalue weighted by Crippen LogP contribution is 2.43. The van der Waals surface area contributed by atoms with Crippen LogP contribution >= 0.6 is 0 Å². The van der Waals surface area contributed by atoms with Crippen LogP contribution in [-0.2, 0) is 0 Å². The van der Waals surface area contributed by atoms with Crippen LogP contribution in [0.1, 0.15) is 53.9 Å². The van der Waals surface area contributed by atoms with Crippen molar-refractivity contribution >= 4 is 0 Å². The van der Waals surface area contributed by atoms with Gasteiger partial charge < -0.3 is 0 Å². The van der Waals surface area contributed by atoms with Crippen molar-refractivity contribution in [2.45, 2.75) is 53.9 Å². The molecule has 0 aromatic rings. The third kappa shape index (κ3) is 3.48. The minimum atomic E-state index is 0.848. The van der Waals surface area contributed by atoms with E-state index in [0.29, 0.717) is 0 Å². The standard InChI is InChI=1S/C14H26/c1-6-12(7-10(2)3)14-9-13(14)8-11(4)5/h9-13H,6-8H2,1-5H3. The Balaban J connectivity index is 2.31. The quantitative estimate of drug-likeness (QED) is 0.539. The lowest BCUT2D eigenvalue weighted by atomic mass is 9.89. The van der Waals surface area contributed by atoms with E-state index >= 15 is 0 Å². The first-order chi connectivity index (χ1) is 6.54. The molecule has 0 heteroatoms. The monoisotopic (exact) mass is 194 g/mol. The molecule has 1 rings (SSSR count). The molecule has 0 radical (unpaired) electrons. The third-order valence-corrected chi connectivity index (χ3v) is 3.16. The van der Waals surface area contributed by atoms with Gasteiger partial charge in [-0.3, -0.25) is 0 Å². The zero-order valence-corrected chi connectivity index (χ0v) is 10.5. The highest BCUT2D eigenvalue weighted by molar-refractivity contribution is 5.31. The van der Waals surface area contributed by atoms with Gasteiger partial charge in [-0.1, -0.05) is 46.3 Å². The van der Waals surface area contributed by atoms with Gasteiger partial charge in [0.15, 0.2) is 0 Å². The fourth-order valence-electron chi connectivity index (χ4n) is 2.44. The molecular formula is C14H26. The van der Waals surface area contributed by atoms with Gasteiger partial charge in [0.05, 0.1) is 0 Å². The fraction of sp³-hybridized carbons (Fsp3) is 0.857. The van der Waals surface area contributed by atoms with Crippen LogP contribution in [0.25, 0.3) is 0 Å². The summed E-state index contributed by atoms with van der Waals surface area (Å²) in [6.07, 6.45) is 6.61. The third-order valence-electron chi connectivity index (χ3n) is 3.16. The van der Waals surface area contributed by atoms with Crippen molar-refractivity contribution in [3.63, 3.8) is 0 Å². The molecule has 0 bridgehead atoms. The van der Waals surface area contributed by atoms with Crippen molar-refractivity contribution in [1.29, 1.82) is 0 Å². The van der Waals surface area contributed by atoms with E-state index in [-0.39, 0.29) is 0 Å². The van der Waals surface area contributed by atoms with Crippen molar-refractivity contribution in [3.05, 3.63) is 11.6 Å². The molecule has 0 aliphatic heterocycles. The Morgan fingerprint density at radius 1 is 1.14 bits per heavy atom. The lowest BCUT2D eigenvalue weighted by molar-refractivity contribution is 0.433. The summed E-state index contributed by atoms with van der Waals surface area (Å²) >= 11 is 0. The Kier molecular flexibility index (Phi) is 4.22. The number of allylic oxidation sites excluding steroid dienone is 2. The Morgan fingerprint density at radius 3 is 2.21 bits per heavy atom. The average molecular weight is 194 g/mol. The van der Waals surface area contributed by atoms with Crippen LogP contribution in [0.5, 0.6) is 0 Å². The van der Waals surface area contributed by atoms with Crippen molar-refractivity contribution in [2.75, 3.05) is 0 Å². The van der Waals surface area contributed by atoms with Crippen LogP contribution in [0.15, 0.2) is 11.6 Å². The molecule has 2 atom stereocenters. The van der Waals surface area contributed by atoms with E-state index in [0.717, 1.165) is 23.7 Å². The van der Waals surface area contributed by atoms with E-state index in [1.165, 1.54) is 19.3 Å². The largest absolute Gasteiger partial charge is 0.0772 e. The van der Waals surface area contributed by atoms with Crippen LogP contribution in [0, 0.1) is 23.7 Å². The van der Waals surface area contributed by atoms with Gasteiger partial charge in [0.25, 0.3) is 0 Å². The Bertz CT molecular complexity index is 198. The molecular weight excluding hydrogens is 168 g/mol. The van der Waals surface area contributed by atoms with Gasteiger partial charge >= 0.3 is 0 Å². The summed E-state index contributed by atoms with van der Waals surface area (Å²) < 4.78 is 0. The van der Waals surface area contributed by atoms with E-state index < -0.39 is 0 Å². The molecule has 14 heavy (non-hydrogen) atoms. The Hall–Kier alpha value is -0.260. The second-order valence-electron chi connectivity index (χ2n) is 5.64. The van der Waals surface area contributed by atoms with Gasteiger partial charge in [0, 0.05) is 0 Å². The summed E-state index contributed by atoms with van der Waals surface area (Å²) in [5, 5.41) is 0. The molecule has 1 aliphatic carbocycles. The molecule has 0 N–H and O–H groups in total. The zero-order valence-electron chi connectivity index (χ0n) is 10.5. The van der Waals surface area contributed by atoms with Crippen molar-refractivity contribution in [1.82, 2.24) is 0 Å². The molecule has 0 nitrogen and oxygen atoms in total. The first-order valence-corrected chi connectivity index (χ1v) is 6.26. The van der Waals surface area contributed by atoms with Crippen LogP contribution in [0.4, 0.5) is 0 Å². The molecule has 0 heterocycles. The van der Waals surface area contributed by atoms with E-state index in [1.807, 2.05) is 0 Å². The number of rotatable bonds is 6. The number of hydrogen-bond acceptors (Lipinski definition) is 0. The highest BCUT2D eigenvalue weighted by Gasteiger charge is 2.30. The molecule has 2 unspecified atom stereocenters. The summed E-state index contributed by atoms with van der Waals surface area (Å²) in [6, 6.07) is 0. The number of hydrogen-bond donors (Lipinski definition) is 0. The van der Waals surface area contributed by atoms with E-state index in [4.69, 9.17) is 0 Å². The predicted molar refractivity (Wildman–Crippen MR) is 64.3 cm³/mol. The SMILES string of the molecule is CCC(CC(C)C)C1=CC1CC(C)C. The normalized spacial score (nSPS) is 22.8. The molecule has 0 aromatic carbocycles. The summed E-state index contributed by atoms with van der Waals surface area (Å²) in [7, 11) is 0. The summed E-state index contributed by atoms with van der Waals surface area (Å²) in [4.78, 5) is 0. The molecule has 82 valence electrons. The summed E-state index contributed by atoms with van der Waals surface area (Å²) in [5.41, 5.74) is 1.77. The minimum absolute atomic E-state index is 0.848. The second kappa shape index (κ2) is 5.00. The van der Waals surface area contributed by atoms with Gasteiger partial charge in [-0.25, -0.2) is 0 Å². The van der Waals surface area contributed by atoms with Gasteiger partial charge in [0.2, 0.25) is 0 Å². The summed E-state index contributed by atoms with van der Waals surface area (Å²) in [6.45, 7) is 11.7. The van der Waals surface area contributed by atoms with E-state index in [1.54, 1.807) is 5.57 Å². The predicted octanol–water partition coefficient (Wildman–Crippen LogP) is 4.66. The lowest BCUT2D eigenvalue weighted by Gasteiger charge is -2.16. The van der Waals surface area contributed by atoms with Gasteiger partial charge in [-0.05, 0) is 42.9 Å². The Labute approximate surface area is 89.8 Å².